The number of hydrazone groups is 1. The van der Waals surface area contributed by atoms with Crippen LogP contribution in [-0.2, 0) is 9.59 Å². The van der Waals surface area contributed by atoms with Gasteiger partial charge >= 0.3 is 17.8 Å². The zero-order valence-electron chi connectivity index (χ0n) is 17.8. The van der Waals surface area contributed by atoms with E-state index < -0.39 is 17.8 Å². The lowest BCUT2D eigenvalue weighted by molar-refractivity contribution is -0.136. The lowest BCUT2D eigenvalue weighted by atomic mass is 10.2. The number of esters is 1. The molecule has 0 aliphatic carbocycles. The Labute approximate surface area is 195 Å². The monoisotopic (exact) mass is 465 g/mol. The molecule has 0 bridgehead atoms. The number of amides is 2. The first-order valence-electron chi connectivity index (χ1n) is 9.73. The molecule has 2 amide bonds. The van der Waals surface area contributed by atoms with Crippen LogP contribution in [0.3, 0.4) is 0 Å². The van der Waals surface area contributed by atoms with Gasteiger partial charge in [-0.15, -0.1) is 0 Å². The molecule has 0 aliphatic rings. The lowest BCUT2D eigenvalue weighted by Gasteiger charge is -2.10. The van der Waals surface area contributed by atoms with E-state index in [9.17, 15) is 14.4 Å². The van der Waals surface area contributed by atoms with Gasteiger partial charge in [-0.25, -0.2) is 10.2 Å². The maximum atomic E-state index is 12.4. The van der Waals surface area contributed by atoms with Crippen LogP contribution in [0.4, 0.5) is 5.69 Å². The molecule has 3 rings (SSSR count). The number of hydrogen-bond acceptors (Lipinski definition) is 6. The smallest absolute Gasteiger partial charge is 0.345 e. The Morgan fingerprint density at radius 2 is 1.67 bits per heavy atom. The molecule has 0 saturated heterocycles. The van der Waals surface area contributed by atoms with Gasteiger partial charge in [0.1, 0.15) is 0 Å². The Bertz CT molecular complexity index is 1210. The molecule has 0 unspecified atom stereocenters. The number of carbonyl (C=O) groups excluding carboxylic acids is 3. The van der Waals surface area contributed by atoms with E-state index in [1.807, 2.05) is 19.1 Å². The van der Waals surface area contributed by atoms with Crippen LogP contribution in [0.15, 0.2) is 71.8 Å². The second-order valence-corrected chi connectivity index (χ2v) is 7.21. The summed E-state index contributed by atoms with van der Waals surface area (Å²) in [4.78, 5) is 36.3. The van der Waals surface area contributed by atoms with Crippen LogP contribution < -0.4 is 20.2 Å². The van der Waals surface area contributed by atoms with E-state index in [2.05, 4.69) is 15.8 Å². The van der Waals surface area contributed by atoms with Gasteiger partial charge < -0.3 is 14.8 Å². The number of nitrogens with zero attached hydrogens (tertiary/aromatic N) is 1. The molecule has 0 aliphatic heterocycles. The second kappa shape index (κ2) is 10.9. The van der Waals surface area contributed by atoms with E-state index in [1.54, 1.807) is 48.5 Å². The highest BCUT2D eigenvalue weighted by molar-refractivity contribution is 6.39. The van der Waals surface area contributed by atoms with Gasteiger partial charge in [0.05, 0.1) is 23.9 Å². The average Bonchev–Trinajstić information content (AvgIpc) is 2.81. The van der Waals surface area contributed by atoms with E-state index in [-0.39, 0.29) is 22.1 Å². The molecule has 9 heteroatoms. The number of rotatable bonds is 6. The minimum atomic E-state index is -0.927. The first-order valence-corrected chi connectivity index (χ1v) is 10.1. The summed E-state index contributed by atoms with van der Waals surface area (Å²) in [6, 6.07) is 18.2. The number of carbonyl (C=O) groups is 3. The number of aryl methyl sites for hydroxylation is 1. The Morgan fingerprint density at radius 1 is 0.939 bits per heavy atom. The number of methoxy groups -OCH3 is 1. The van der Waals surface area contributed by atoms with Crippen LogP contribution in [0, 0.1) is 6.92 Å². The van der Waals surface area contributed by atoms with Crippen molar-refractivity contribution >= 4 is 41.3 Å². The highest BCUT2D eigenvalue weighted by Crippen LogP contribution is 2.29. The largest absolute Gasteiger partial charge is 0.493 e. The summed E-state index contributed by atoms with van der Waals surface area (Å²) in [5.74, 6) is -1.96. The molecule has 0 heterocycles. The molecule has 0 spiro atoms. The third-order valence-corrected chi connectivity index (χ3v) is 4.71. The van der Waals surface area contributed by atoms with Crippen molar-refractivity contribution in [2.24, 2.45) is 5.10 Å². The quantitative estimate of drug-likeness (QED) is 0.188. The maximum Gasteiger partial charge on any atom is 0.345 e. The molecule has 0 saturated carbocycles. The summed E-state index contributed by atoms with van der Waals surface area (Å²) in [5, 5.41) is 6.52. The van der Waals surface area contributed by atoms with Gasteiger partial charge in [-0.05, 0) is 55.0 Å². The number of nitrogens with one attached hydrogen (secondary N) is 2. The highest BCUT2D eigenvalue weighted by Gasteiger charge is 2.16. The number of benzene rings is 3. The van der Waals surface area contributed by atoms with Crippen LogP contribution in [0.5, 0.6) is 11.5 Å². The van der Waals surface area contributed by atoms with E-state index in [4.69, 9.17) is 21.1 Å². The topological polar surface area (TPSA) is 106 Å². The fourth-order valence-corrected chi connectivity index (χ4v) is 2.88. The van der Waals surface area contributed by atoms with Crippen molar-refractivity contribution in [1.29, 1.82) is 0 Å². The number of anilines is 1. The van der Waals surface area contributed by atoms with Crippen molar-refractivity contribution in [2.45, 2.75) is 6.92 Å². The SMILES string of the molecule is COc1cc(C=NNC(=O)C(=O)Nc2ccc(C)cc2)ccc1OC(=O)c1ccccc1Cl. The molecule has 8 nitrogen and oxygen atoms in total. The highest BCUT2D eigenvalue weighted by atomic mass is 35.5. The minimum Gasteiger partial charge on any atom is -0.493 e. The average molecular weight is 466 g/mol. The summed E-state index contributed by atoms with van der Waals surface area (Å²) in [6.45, 7) is 1.91. The molecule has 33 heavy (non-hydrogen) atoms. The van der Waals surface area contributed by atoms with E-state index in [1.165, 1.54) is 19.4 Å². The number of hydrogen-bond donors (Lipinski definition) is 2. The van der Waals surface area contributed by atoms with Gasteiger partial charge in [-0.3, -0.25) is 9.59 Å². The van der Waals surface area contributed by atoms with Crippen molar-refractivity contribution < 1.29 is 23.9 Å². The predicted molar refractivity (Wildman–Crippen MR) is 125 cm³/mol. The van der Waals surface area contributed by atoms with E-state index in [0.29, 0.717) is 11.3 Å². The van der Waals surface area contributed by atoms with E-state index >= 15 is 0 Å². The number of halogens is 1. The van der Waals surface area contributed by atoms with Crippen LogP contribution in [0.25, 0.3) is 0 Å². The second-order valence-electron chi connectivity index (χ2n) is 6.80. The van der Waals surface area contributed by atoms with Crippen LogP contribution in [0.1, 0.15) is 21.5 Å². The van der Waals surface area contributed by atoms with Crippen LogP contribution in [0.2, 0.25) is 5.02 Å². The van der Waals surface area contributed by atoms with Gasteiger partial charge in [-0.1, -0.05) is 41.4 Å². The molecule has 3 aromatic rings. The Morgan fingerprint density at radius 3 is 2.36 bits per heavy atom. The summed E-state index contributed by atoms with van der Waals surface area (Å²) in [5.41, 5.74) is 4.43. The lowest BCUT2D eigenvalue weighted by Crippen LogP contribution is -2.32. The first-order chi connectivity index (χ1) is 15.9. The Kier molecular flexibility index (Phi) is 7.77. The molecule has 0 aromatic heterocycles. The van der Waals surface area contributed by atoms with Gasteiger partial charge in [0, 0.05) is 5.69 Å². The minimum absolute atomic E-state index is 0.182. The first kappa shape index (κ1) is 23.5. The van der Waals surface area contributed by atoms with Crippen LogP contribution >= 0.6 is 11.6 Å². The molecule has 0 fully saturated rings. The van der Waals surface area contributed by atoms with Crippen molar-refractivity contribution in [3.63, 3.8) is 0 Å². The zero-order valence-corrected chi connectivity index (χ0v) is 18.6. The third-order valence-electron chi connectivity index (χ3n) is 4.38. The molecule has 0 atom stereocenters. The third kappa shape index (κ3) is 6.41. The molecule has 3 aromatic carbocycles. The van der Waals surface area contributed by atoms with Crippen LogP contribution in [-0.4, -0.2) is 31.1 Å². The van der Waals surface area contributed by atoms with Crippen molar-refractivity contribution in [2.75, 3.05) is 12.4 Å². The Hall–Kier alpha value is -4.17. The summed E-state index contributed by atoms with van der Waals surface area (Å²) in [6.07, 6.45) is 1.32. The predicted octanol–water partition coefficient (Wildman–Crippen LogP) is 3.97. The summed E-state index contributed by atoms with van der Waals surface area (Å²) < 4.78 is 10.7. The summed E-state index contributed by atoms with van der Waals surface area (Å²) >= 11 is 6.03. The fraction of sp³-hybridized carbons (Fsp3) is 0.0833. The molecule has 168 valence electrons. The van der Waals surface area contributed by atoms with Crippen molar-refractivity contribution in [3.05, 3.63) is 88.4 Å². The molecular formula is C24H20ClN3O5. The van der Waals surface area contributed by atoms with E-state index in [0.717, 1.165) is 5.56 Å². The van der Waals surface area contributed by atoms with Gasteiger partial charge in [0.15, 0.2) is 11.5 Å². The molecule has 0 radical (unpaired) electrons. The molecular weight excluding hydrogens is 446 g/mol. The zero-order chi connectivity index (χ0) is 23.8. The fourth-order valence-electron chi connectivity index (χ4n) is 2.67. The maximum absolute atomic E-state index is 12.4. The van der Waals surface area contributed by atoms with Gasteiger partial charge in [0.25, 0.3) is 0 Å². The van der Waals surface area contributed by atoms with Crippen molar-refractivity contribution in [3.8, 4) is 11.5 Å². The van der Waals surface area contributed by atoms with Gasteiger partial charge in [-0.2, -0.15) is 5.10 Å². The normalized spacial score (nSPS) is 10.5. The summed E-state index contributed by atoms with van der Waals surface area (Å²) in [7, 11) is 1.42. The van der Waals surface area contributed by atoms with Gasteiger partial charge in [0.2, 0.25) is 0 Å². The van der Waals surface area contributed by atoms with Crippen molar-refractivity contribution in [1.82, 2.24) is 5.43 Å². The number of ether oxygens (including phenoxy) is 2. The Balaban J connectivity index is 1.61. The standard InChI is InChI=1S/C24H20ClN3O5/c1-15-7-10-17(11-8-15)27-22(29)23(30)28-26-14-16-9-12-20(21(13-16)32-2)33-24(31)18-5-3-4-6-19(18)25/h3-14H,1-2H3,(H,27,29)(H,28,30). The molecule has 2 N–H and O–H groups in total.